The predicted octanol–water partition coefficient (Wildman–Crippen LogP) is 1.55. The minimum atomic E-state index is -0.781. The molecule has 0 spiro atoms. The van der Waals surface area contributed by atoms with E-state index in [1.165, 1.54) is 0 Å². The molecule has 0 aromatic rings. The molecular weight excluding hydrogens is 260 g/mol. The molecule has 20 heavy (non-hydrogen) atoms. The number of piperidine rings is 1. The van der Waals surface area contributed by atoms with Gasteiger partial charge in [0.05, 0.1) is 0 Å². The molecule has 0 unspecified atom stereocenters. The Morgan fingerprint density at radius 2 is 1.65 bits per heavy atom. The van der Waals surface area contributed by atoms with Crippen molar-refractivity contribution in [2.75, 3.05) is 26.2 Å². The van der Waals surface area contributed by atoms with Crippen molar-refractivity contribution in [3.8, 4) is 0 Å². The lowest BCUT2D eigenvalue weighted by molar-refractivity contribution is -0.159. The highest BCUT2D eigenvalue weighted by Crippen LogP contribution is 2.33. The van der Waals surface area contributed by atoms with E-state index in [9.17, 15) is 14.7 Å². The first-order chi connectivity index (χ1) is 9.24. The smallest absolute Gasteiger partial charge is 0.410 e. The zero-order valence-electron chi connectivity index (χ0n) is 12.5. The number of carboxylic acids is 1. The maximum absolute atomic E-state index is 12.0. The Morgan fingerprint density at radius 3 is 2.00 bits per heavy atom. The molecule has 2 aliphatic rings. The molecule has 1 N–H and O–H groups in total. The highest BCUT2D eigenvalue weighted by molar-refractivity contribution is 5.80. The molecule has 0 saturated carbocycles. The summed E-state index contributed by atoms with van der Waals surface area (Å²) >= 11 is 0. The number of ether oxygens (including phenoxy) is 1. The van der Waals surface area contributed by atoms with Gasteiger partial charge in [-0.2, -0.15) is 0 Å². The van der Waals surface area contributed by atoms with Crippen molar-refractivity contribution in [2.45, 2.75) is 51.2 Å². The van der Waals surface area contributed by atoms with Gasteiger partial charge in [-0.05, 0) is 40.0 Å². The maximum Gasteiger partial charge on any atom is 0.410 e. The lowest BCUT2D eigenvalue weighted by atomic mass is 9.83. The number of likely N-dealkylation sites (tertiary alicyclic amines) is 2. The van der Waals surface area contributed by atoms with Crippen LogP contribution in [-0.4, -0.2) is 64.3 Å². The molecule has 2 saturated heterocycles. The zero-order chi connectivity index (χ0) is 15.0. The third-order valence-corrected chi connectivity index (χ3v) is 4.10. The van der Waals surface area contributed by atoms with Crippen LogP contribution in [-0.2, 0) is 9.53 Å². The van der Waals surface area contributed by atoms with E-state index in [1.54, 1.807) is 4.90 Å². The van der Waals surface area contributed by atoms with Gasteiger partial charge in [-0.15, -0.1) is 0 Å². The highest BCUT2D eigenvalue weighted by atomic mass is 16.6. The molecule has 0 bridgehead atoms. The summed E-state index contributed by atoms with van der Waals surface area (Å²) in [6, 6.07) is 0. The summed E-state index contributed by atoms with van der Waals surface area (Å²) < 4.78 is 5.33. The fourth-order valence-electron chi connectivity index (χ4n) is 2.80. The monoisotopic (exact) mass is 284 g/mol. The first kappa shape index (κ1) is 15.1. The number of hydrogen-bond donors (Lipinski definition) is 1. The number of carbonyl (C=O) groups excluding carboxylic acids is 1. The Morgan fingerprint density at radius 1 is 1.10 bits per heavy atom. The van der Waals surface area contributed by atoms with E-state index < -0.39 is 17.1 Å². The molecule has 1 amide bonds. The Hall–Kier alpha value is -1.30. The first-order valence-electron chi connectivity index (χ1n) is 7.21. The second-order valence-electron chi connectivity index (χ2n) is 6.64. The Bertz CT molecular complexity index is 390. The second kappa shape index (κ2) is 5.24. The van der Waals surface area contributed by atoms with Crippen molar-refractivity contribution in [3.63, 3.8) is 0 Å². The summed E-state index contributed by atoms with van der Waals surface area (Å²) in [6.07, 6.45) is 1.66. The number of amides is 1. The molecule has 0 aromatic carbocycles. The number of hydrogen-bond acceptors (Lipinski definition) is 4. The third kappa shape index (κ3) is 2.90. The van der Waals surface area contributed by atoms with Crippen molar-refractivity contribution in [1.29, 1.82) is 0 Å². The Kier molecular flexibility index (Phi) is 3.95. The molecule has 0 atom stereocenters. The van der Waals surface area contributed by atoms with Crippen LogP contribution in [0, 0.1) is 0 Å². The summed E-state index contributed by atoms with van der Waals surface area (Å²) in [5.41, 5.74) is -1.30. The summed E-state index contributed by atoms with van der Waals surface area (Å²) in [5, 5.41) is 9.56. The molecule has 6 nitrogen and oxygen atoms in total. The van der Waals surface area contributed by atoms with Gasteiger partial charge in [-0.1, -0.05) is 0 Å². The largest absolute Gasteiger partial charge is 0.480 e. The van der Waals surface area contributed by atoms with Crippen LogP contribution >= 0.6 is 0 Å². The quantitative estimate of drug-likeness (QED) is 0.833. The van der Waals surface area contributed by atoms with E-state index in [-0.39, 0.29) is 6.09 Å². The van der Waals surface area contributed by atoms with Gasteiger partial charge in [0.1, 0.15) is 11.1 Å². The van der Waals surface area contributed by atoms with Crippen LogP contribution in [0.15, 0.2) is 0 Å². The molecule has 6 heteroatoms. The van der Waals surface area contributed by atoms with Gasteiger partial charge in [0, 0.05) is 26.2 Å². The molecule has 2 rings (SSSR count). The van der Waals surface area contributed by atoms with Gasteiger partial charge < -0.3 is 14.7 Å². The summed E-state index contributed by atoms with van der Waals surface area (Å²) in [7, 11) is 0. The van der Waals surface area contributed by atoms with Gasteiger partial charge in [-0.25, -0.2) is 4.79 Å². The van der Waals surface area contributed by atoms with Crippen molar-refractivity contribution in [2.24, 2.45) is 0 Å². The minimum absolute atomic E-state index is 0.347. The van der Waals surface area contributed by atoms with Crippen LogP contribution in [0.2, 0.25) is 0 Å². The molecule has 114 valence electrons. The molecule has 0 aliphatic carbocycles. The SMILES string of the molecule is CC(C)(C)OC(=O)N1CCC(C(=O)O)(N2CCC2)CC1. The number of aliphatic carboxylic acids is 1. The summed E-state index contributed by atoms with van der Waals surface area (Å²) in [6.45, 7) is 8.07. The van der Waals surface area contributed by atoms with Crippen molar-refractivity contribution < 1.29 is 19.4 Å². The van der Waals surface area contributed by atoms with Crippen LogP contribution in [0.25, 0.3) is 0 Å². The minimum Gasteiger partial charge on any atom is -0.480 e. The van der Waals surface area contributed by atoms with Crippen LogP contribution in [0.3, 0.4) is 0 Å². The molecule has 0 aromatic heterocycles. The van der Waals surface area contributed by atoms with Gasteiger partial charge >= 0.3 is 12.1 Å². The van der Waals surface area contributed by atoms with E-state index in [2.05, 4.69) is 0 Å². The summed E-state index contributed by atoms with van der Waals surface area (Å²) in [4.78, 5) is 27.3. The molecular formula is C14H24N2O4. The van der Waals surface area contributed by atoms with Gasteiger partial charge in [0.15, 0.2) is 0 Å². The van der Waals surface area contributed by atoms with E-state index >= 15 is 0 Å². The normalized spacial score (nSPS) is 23.1. The number of nitrogens with zero attached hydrogens (tertiary/aromatic N) is 2. The average molecular weight is 284 g/mol. The van der Waals surface area contributed by atoms with E-state index in [0.717, 1.165) is 19.5 Å². The fourth-order valence-corrected chi connectivity index (χ4v) is 2.80. The fraction of sp³-hybridized carbons (Fsp3) is 0.857. The van der Waals surface area contributed by atoms with Crippen LogP contribution < -0.4 is 0 Å². The van der Waals surface area contributed by atoms with E-state index in [4.69, 9.17) is 4.74 Å². The van der Waals surface area contributed by atoms with Crippen LogP contribution in [0.1, 0.15) is 40.0 Å². The van der Waals surface area contributed by atoms with Gasteiger partial charge in [0.2, 0.25) is 0 Å². The standard InChI is InChI=1S/C14H24N2O4/c1-13(2,3)20-12(19)15-9-5-14(6-10-15,11(17)18)16-7-4-8-16/h4-10H2,1-3H3,(H,17,18). The van der Waals surface area contributed by atoms with Crippen molar-refractivity contribution in [1.82, 2.24) is 9.80 Å². The lowest BCUT2D eigenvalue weighted by Crippen LogP contribution is -2.64. The number of carbonyl (C=O) groups is 2. The van der Waals surface area contributed by atoms with E-state index in [0.29, 0.717) is 25.9 Å². The molecule has 2 fully saturated rings. The predicted molar refractivity (Wildman–Crippen MR) is 73.6 cm³/mol. The van der Waals surface area contributed by atoms with Crippen molar-refractivity contribution >= 4 is 12.1 Å². The summed E-state index contributed by atoms with van der Waals surface area (Å²) in [5.74, 6) is -0.763. The first-order valence-corrected chi connectivity index (χ1v) is 7.21. The Balaban J connectivity index is 1.96. The van der Waals surface area contributed by atoms with E-state index in [1.807, 2.05) is 25.7 Å². The third-order valence-electron chi connectivity index (χ3n) is 4.10. The van der Waals surface area contributed by atoms with Crippen LogP contribution in [0.5, 0.6) is 0 Å². The number of carboxylic acid groups (broad SMARTS) is 1. The molecule has 2 heterocycles. The van der Waals surface area contributed by atoms with Gasteiger partial charge in [0.25, 0.3) is 0 Å². The molecule has 0 radical (unpaired) electrons. The average Bonchev–Trinajstić information content (AvgIpc) is 2.24. The highest BCUT2D eigenvalue weighted by Gasteiger charge is 2.49. The maximum atomic E-state index is 12.0. The zero-order valence-corrected chi connectivity index (χ0v) is 12.5. The number of rotatable bonds is 2. The van der Waals surface area contributed by atoms with Crippen LogP contribution in [0.4, 0.5) is 4.79 Å². The lowest BCUT2D eigenvalue weighted by Gasteiger charge is -2.49. The molecule has 2 aliphatic heterocycles. The van der Waals surface area contributed by atoms with Crippen molar-refractivity contribution in [3.05, 3.63) is 0 Å². The van der Waals surface area contributed by atoms with Gasteiger partial charge in [-0.3, -0.25) is 9.69 Å². The Labute approximate surface area is 119 Å². The topological polar surface area (TPSA) is 70.1 Å². The second-order valence-corrected chi connectivity index (χ2v) is 6.64.